The van der Waals surface area contributed by atoms with Gasteiger partial charge in [-0.3, -0.25) is 9.69 Å². The van der Waals surface area contributed by atoms with E-state index in [1.54, 1.807) is 0 Å². The summed E-state index contributed by atoms with van der Waals surface area (Å²) in [6.45, 7) is 5.17. The van der Waals surface area contributed by atoms with E-state index in [1.165, 1.54) is 0 Å². The molecule has 0 bridgehead atoms. The first-order valence-corrected chi connectivity index (χ1v) is 9.86. The van der Waals surface area contributed by atoms with Crippen LogP contribution in [0.2, 0.25) is 0 Å². The van der Waals surface area contributed by atoms with Gasteiger partial charge in [-0.15, -0.1) is 0 Å². The van der Waals surface area contributed by atoms with E-state index < -0.39 is 0 Å². The molecule has 0 spiro atoms. The number of ether oxygens (including phenoxy) is 2. The minimum atomic E-state index is 0.0376. The molecule has 8 heteroatoms. The van der Waals surface area contributed by atoms with Crippen LogP contribution in [0.15, 0.2) is 34.9 Å². The molecule has 28 heavy (non-hydrogen) atoms. The molecular weight excluding hydrogens is 360 g/mol. The summed E-state index contributed by atoms with van der Waals surface area (Å²) < 4.78 is 16.4. The molecule has 0 radical (unpaired) electrons. The van der Waals surface area contributed by atoms with Gasteiger partial charge < -0.3 is 18.9 Å². The van der Waals surface area contributed by atoms with Crippen LogP contribution in [0.1, 0.15) is 24.6 Å². The average molecular weight is 386 g/mol. The molecule has 1 aromatic carbocycles. The molecule has 0 unspecified atom stereocenters. The minimum absolute atomic E-state index is 0.0376. The van der Waals surface area contributed by atoms with Gasteiger partial charge in [-0.25, -0.2) is 0 Å². The highest BCUT2D eigenvalue weighted by Gasteiger charge is 2.30. The molecule has 8 nitrogen and oxygen atoms in total. The van der Waals surface area contributed by atoms with Gasteiger partial charge in [0.2, 0.25) is 17.6 Å². The van der Waals surface area contributed by atoms with Gasteiger partial charge in [-0.1, -0.05) is 23.4 Å². The van der Waals surface area contributed by atoms with E-state index in [1.807, 2.05) is 35.2 Å². The molecule has 0 N–H and O–H groups in total. The number of nitrogens with zero attached hydrogens (tertiary/aromatic N) is 4. The summed E-state index contributed by atoms with van der Waals surface area (Å²) in [7, 11) is 0. The quantitative estimate of drug-likeness (QED) is 0.748. The number of morpholine rings is 1. The zero-order chi connectivity index (χ0) is 19.2. The maximum Gasteiger partial charge on any atom is 0.240 e. The average Bonchev–Trinajstić information content (AvgIpc) is 3.20. The molecule has 0 saturated carbocycles. The standard InChI is InChI=1S/C20H26N4O4/c25-20(24-9-11-26-12-10-24)16-5-4-8-23(13-16)14-19-21-18(22-28-19)15-27-17-6-2-1-3-7-17/h1-3,6-7,16H,4-5,8-15H2/t16-/m1/s1. The second-order valence-corrected chi connectivity index (χ2v) is 7.22. The zero-order valence-corrected chi connectivity index (χ0v) is 16.0. The van der Waals surface area contributed by atoms with Crippen LogP contribution in [0.25, 0.3) is 0 Å². The van der Waals surface area contributed by atoms with Crippen LogP contribution in [0.5, 0.6) is 5.75 Å². The van der Waals surface area contributed by atoms with Crippen molar-refractivity contribution in [3.8, 4) is 5.75 Å². The first kappa shape index (κ1) is 18.9. The van der Waals surface area contributed by atoms with Gasteiger partial charge in [0, 0.05) is 19.6 Å². The topological polar surface area (TPSA) is 80.9 Å². The zero-order valence-electron chi connectivity index (χ0n) is 16.0. The van der Waals surface area contributed by atoms with Crippen LogP contribution in [0.4, 0.5) is 0 Å². The molecule has 1 atom stereocenters. The SMILES string of the molecule is O=C([C@@H]1CCCN(Cc2nc(COc3ccccc3)no2)C1)N1CCOCC1. The summed E-state index contributed by atoms with van der Waals surface area (Å²) in [6, 6.07) is 9.56. The fourth-order valence-electron chi connectivity index (χ4n) is 3.71. The van der Waals surface area contributed by atoms with Crippen molar-refractivity contribution in [3.05, 3.63) is 42.0 Å². The van der Waals surface area contributed by atoms with E-state index in [-0.39, 0.29) is 18.4 Å². The largest absolute Gasteiger partial charge is 0.485 e. The molecular formula is C20H26N4O4. The number of carbonyl (C=O) groups excluding carboxylic acids is 1. The summed E-state index contributed by atoms with van der Waals surface area (Å²) in [4.78, 5) is 21.3. The monoisotopic (exact) mass is 386 g/mol. The second-order valence-electron chi connectivity index (χ2n) is 7.22. The Bertz CT molecular complexity index is 761. The van der Waals surface area contributed by atoms with Crippen molar-refractivity contribution in [2.24, 2.45) is 5.92 Å². The second kappa shape index (κ2) is 9.16. The third-order valence-electron chi connectivity index (χ3n) is 5.16. The molecule has 2 fully saturated rings. The minimum Gasteiger partial charge on any atom is -0.485 e. The van der Waals surface area contributed by atoms with Crippen LogP contribution >= 0.6 is 0 Å². The molecule has 2 aromatic rings. The highest BCUT2D eigenvalue weighted by molar-refractivity contribution is 5.79. The Labute approximate surface area is 164 Å². The third-order valence-corrected chi connectivity index (χ3v) is 5.16. The fourth-order valence-corrected chi connectivity index (χ4v) is 3.71. The van der Waals surface area contributed by atoms with Crippen molar-refractivity contribution in [3.63, 3.8) is 0 Å². The first-order chi connectivity index (χ1) is 13.8. The van der Waals surface area contributed by atoms with Gasteiger partial charge in [0.15, 0.2) is 6.61 Å². The number of carbonyl (C=O) groups is 1. The number of benzene rings is 1. The molecule has 0 aliphatic carbocycles. The predicted octanol–water partition coefficient (Wildman–Crippen LogP) is 1.72. The molecule has 150 valence electrons. The van der Waals surface area contributed by atoms with Crippen LogP contribution in [0, 0.1) is 5.92 Å². The summed E-state index contributed by atoms with van der Waals surface area (Å²) in [6.07, 6.45) is 1.94. The third kappa shape index (κ3) is 4.88. The van der Waals surface area contributed by atoms with E-state index in [0.29, 0.717) is 44.6 Å². The normalized spacial score (nSPS) is 20.9. The number of hydrogen-bond donors (Lipinski definition) is 0. The number of para-hydroxylation sites is 1. The van der Waals surface area contributed by atoms with E-state index >= 15 is 0 Å². The number of likely N-dealkylation sites (tertiary alicyclic amines) is 1. The summed E-state index contributed by atoms with van der Waals surface area (Å²) >= 11 is 0. The maximum atomic E-state index is 12.8. The highest BCUT2D eigenvalue weighted by atomic mass is 16.5. The molecule has 1 amide bonds. The molecule has 2 aliphatic rings. The van der Waals surface area contributed by atoms with Gasteiger partial charge in [-0.2, -0.15) is 4.98 Å². The van der Waals surface area contributed by atoms with E-state index in [2.05, 4.69) is 15.0 Å². The fraction of sp³-hybridized carbons (Fsp3) is 0.550. The van der Waals surface area contributed by atoms with Crippen molar-refractivity contribution < 1.29 is 18.8 Å². The van der Waals surface area contributed by atoms with Crippen molar-refractivity contribution >= 4 is 5.91 Å². The lowest BCUT2D eigenvalue weighted by Gasteiger charge is -2.35. The summed E-state index contributed by atoms with van der Waals surface area (Å²) in [5.41, 5.74) is 0. The first-order valence-electron chi connectivity index (χ1n) is 9.86. The Morgan fingerprint density at radius 1 is 1.18 bits per heavy atom. The smallest absolute Gasteiger partial charge is 0.240 e. The summed E-state index contributed by atoms with van der Waals surface area (Å²) in [5.74, 6) is 2.14. The number of aromatic nitrogens is 2. The van der Waals surface area contributed by atoms with Crippen molar-refractivity contribution in [1.29, 1.82) is 0 Å². The van der Waals surface area contributed by atoms with Crippen molar-refractivity contribution in [2.75, 3.05) is 39.4 Å². The van der Waals surface area contributed by atoms with Gasteiger partial charge in [0.25, 0.3) is 0 Å². The number of rotatable bonds is 6. The Morgan fingerprint density at radius 2 is 2.00 bits per heavy atom. The van der Waals surface area contributed by atoms with E-state index in [0.717, 1.165) is 31.7 Å². The number of amides is 1. The van der Waals surface area contributed by atoms with Gasteiger partial charge in [0.1, 0.15) is 5.75 Å². The molecule has 2 saturated heterocycles. The highest BCUT2D eigenvalue weighted by Crippen LogP contribution is 2.21. The lowest BCUT2D eigenvalue weighted by atomic mass is 9.96. The van der Waals surface area contributed by atoms with Crippen LogP contribution in [0.3, 0.4) is 0 Å². The number of piperidine rings is 1. The van der Waals surface area contributed by atoms with E-state index in [9.17, 15) is 4.79 Å². The Balaban J connectivity index is 1.28. The molecule has 3 heterocycles. The van der Waals surface area contributed by atoms with E-state index in [4.69, 9.17) is 14.0 Å². The Hall–Kier alpha value is -2.45. The van der Waals surface area contributed by atoms with Gasteiger partial charge in [-0.05, 0) is 31.5 Å². The Kier molecular flexibility index (Phi) is 6.18. The van der Waals surface area contributed by atoms with Gasteiger partial charge in [0.05, 0.1) is 25.7 Å². The van der Waals surface area contributed by atoms with Crippen LogP contribution in [-0.2, 0) is 22.7 Å². The van der Waals surface area contributed by atoms with Crippen LogP contribution in [-0.4, -0.2) is 65.2 Å². The number of hydrogen-bond acceptors (Lipinski definition) is 7. The van der Waals surface area contributed by atoms with Crippen LogP contribution < -0.4 is 4.74 Å². The predicted molar refractivity (Wildman–Crippen MR) is 100 cm³/mol. The lowest BCUT2D eigenvalue weighted by Crippen LogP contribution is -2.48. The van der Waals surface area contributed by atoms with Gasteiger partial charge >= 0.3 is 0 Å². The summed E-state index contributed by atoms with van der Waals surface area (Å²) in [5, 5.41) is 4.00. The van der Waals surface area contributed by atoms with Crippen molar-refractivity contribution in [2.45, 2.75) is 26.0 Å². The lowest BCUT2D eigenvalue weighted by molar-refractivity contribution is -0.141. The Morgan fingerprint density at radius 3 is 2.82 bits per heavy atom. The van der Waals surface area contributed by atoms with Crippen molar-refractivity contribution in [1.82, 2.24) is 19.9 Å². The molecule has 4 rings (SSSR count). The molecule has 2 aliphatic heterocycles. The maximum absolute atomic E-state index is 12.8. The molecule has 1 aromatic heterocycles.